The van der Waals surface area contributed by atoms with E-state index >= 15 is 0 Å². The summed E-state index contributed by atoms with van der Waals surface area (Å²) < 4.78 is 19.7. The number of furan rings is 1. The van der Waals surface area contributed by atoms with Crippen molar-refractivity contribution in [1.29, 1.82) is 0 Å². The number of carbonyl (C=O) groups is 2. The molecule has 1 unspecified atom stereocenters. The molecule has 0 radical (unpaired) electrons. The first-order valence-electron chi connectivity index (χ1n) is 8.17. The topological polar surface area (TPSA) is 70.8 Å². The van der Waals surface area contributed by atoms with E-state index in [0.29, 0.717) is 0 Å². The van der Waals surface area contributed by atoms with E-state index in [4.69, 9.17) is 4.42 Å². The van der Waals surface area contributed by atoms with Gasteiger partial charge < -0.3 is 14.4 Å². The zero-order chi connectivity index (χ0) is 19.0. The van der Waals surface area contributed by atoms with Crippen LogP contribution in [0.4, 0.5) is 4.39 Å². The van der Waals surface area contributed by atoms with E-state index in [0.717, 1.165) is 4.88 Å². The fraction of sp³-hybridized carbons (Fsp3) is 0.100. The third kappa shape index (κ3) is 2.96. The fourth-order valence-electron chi connectivity index (χ4n) is 3.18. The summed E-state index contributed by atoms with van der Waals surface area (Å²) in [5.41, 5.74) is -0.0435. The lowest BCUT2D eigenvalue weighted by Gasteiger charge is -2.26. The number of amides is 1. The minimum atomic E-state index is -1.04. The van der Waals surface area contributed by atoms with Crippen LogP contribution in [0.25, 0.3) is 0 Å². The summed E-state index contributed by atoms with van der Waals surface area (Å²) in [7, 11) is 0. The summed E-state index contributed by atoms with van der Waals surface area (Å²) in [6.45, 7) is 0.147. The first-order valence-corrected chi connectivity index (χ1v) is 9.05. The number of benzene rings is 1. The van der Waals surface area contributed by atoms with Crippen molar-refractivity contribution in [2.75, 3.05) is 0 Å². The molecular formula is C20H14FNO4S. The molecule has 3 aromatic rings. The smallest absolute Gasteiger partial charge is 0.290 e. The highest BCUT2D eigenvalue weighted by molar-refractivity contribution is 7.09. The van der Waals surface area contributed by atoms with Gasteiger partial charge in [-0.1, -0.05) is 24.3 Å². The van der Waals surface area contributed by atoms with Crippen molar-refractivity contribution in [3.63, 3.8) is 0 Å². The summed E-state index contributed by atoms with van der Waals surface area (Å²) in [6.07, 6.45) is 1.32. The average molecular weight is 383 g/mol. The molecule has 1 amide bonds. The normalized spacial score (nSPS) is 17.0. The van der Waals surface area contributed by atoms with Crippen molar-refractivity contribution in [3.05, 3.63) is 93.5 Å². The number of carbonyl (C=O) groups excluding carboxylic acids is 2. The standard InChI is InChI=1S/C20H14FNO4S/c21-14-7-2-1-6-13(14)17-16(18(23)15-8-3-9-26-15)19(24)20(25)22(17)11-12-5-4-10-27-12/h1-10,17,24H,11H2. The Morgan fingerprint density at radius 3 is 2.67 bits per heavy atom. The zero-order valence-corrected chi connectivity index (χ0v) is 14.8. The van der Waals surface area contributed by atoms with Gasteiger partial charge in [0.1, 0.15) is 5.82 Å². The number of halogens is 1. The lowest BCUT2D eigenvalue weighted by Crippen LogP contribution is -2.31. The van der Waals surface area contributed by atoms with Crippen LogP contribution in [-0.2, 0) is 11.3 Å². The quantitative estimate of drug-likeness (QED) is 0.669. The number of ketones is 1. The number of aliphatic hydroxyl groups excluding tert-OH is 1. The van der Waals surface area contributed by atoms with Crippen molar-refractivity contribution in [2.45, 2.75) is 12.6 Å². The molecule has 1 aromatic carbocycles. The Bertz CT molecular complexity index is 1020. The first-order chi connectivity index (χ1) is 13.1. The Morgan fingerprint density at radius 1 is 1.19 bits per heavy atom. The second-order valence-corrected chi connectivity index (χ2v) is 7.04. The van der Waals surface area contributed by atoms with Gasteiger partial charge >= 0.3 is 0 Å². The fourth-order valence-corrected chi connectivity index (χ4v) is 3.88. The summed E-state index contributed by atoms with van der Waals surface area (Å²) in [5, 5.41) is 12.3. The molecule has 1 aliphatic rings. The highest BCUT2D eigenvalue weighted by Crippen LogP contribution is 2.41. The molecule has 0 saturated heterocycles. The van der Waals surface area contributed by atoms with Crippen LogP contribution in [0.3, 0.4) is 0 Å². The van der Waals surface area contributed by atoms with Gasteiger partial charge in [0.2, 0.25) is 5.78 Å². The monoisotopic (exact) mass is 383 g/mol. The van der Waals surface area contributed by atoms with Crippen LogP contribution >= 0.6 is 11.3 Å². The molecule has 1 atom stereocenters. The van der Waals surface area contributed by atoms with Crippen LogP contribution in [0.15, 0.2) is 75.9 Å². The maximum absolute atomic E-state index is 14.6. The van der Waals surface area contributed by atoms with E-state index in [2.05, 4.69) is 0 Å². The SMILES string of the molecule is O=C(C1=C(O)C(=O)N(Cc2cccs2)C1c1ccccc1F)c1ccco1. The van der Waals surface area contributed by atoms with Crippen LogP contribution in [-0.4, -0.2) is 21.7 Å². The average Bonchev–Trinajstić information content (AvgIpc) is 3.40. The van der Waals surface area contributed by atoms with E-state index in [1.165, 1.54) is 52.8 Å². The van der Waals surface area contributed by atoms with Crippen molar-refractivity contribution in [1.82, 2.24) is 4.90 Å². The molecule has 0 aliphatic carbocycles. The number of Topliss-reactive ketones (excluding diaryl/α,β-unsaturated/α-hetero) is 1. The van der Waals surface area contributed by atoms with Crippen LogP contribution in [0.2, 0.25) is 0 Å². The molecule has 1 aliphatic heterocycles. The van der Waals surface area contributed by atoms with Gasteiger partial charge in [-0.2, -0.15) is 0 Å². The van der Waals surface area contributed by atoms with Crippen molar-refractivity contribution >= 4 is 23.0 Å². The number of aliphatic hydroxyl groups is 1. The van der Waals surface area contributed by atoms with Crippen molar-refractivity contribution < 1.29 is 23.5 Å². The number of hydrogen-bond acceptors (Lipinski definition) is 5. The van der Waals surface area contributed by atoms with Gasteiger partial charge in [-0.15, -0.1) is 11.3 Å². The maximum atomic E-state index is 14.6. The second kappa shape index (κ2) is 6.85. The lowest BCUT2D eigenvalue weighted by molar-refractivity contribution is -0.130. The summed E-state index contributed by atoms with van der Waals surface area (Å²) in [4.78, 5) is 27.8. The molecule has 4 rings (SSSR count). The molecule has 2 aromatic heterocycles. The second-order valence-electron chi connectivity index (χ2n) is 6.01. The van der Waals surface area contributed by atoms with Gasteiger partial charge in [-0.05, 0) is 29.6 Å². The molecule has 136 valence electrons. The van der Waals surface area contributed by atoms with Crippen LogP contribution in [0, 0.1) is 5.82 Å². The van der Waals surface area contributed by atoms with Gasteiger partial charge in [0, 0.05) is 10.4 Å². The predicted octanol–water partition coefficient (Wildman–Crippen LogP) is 4.26. The Balaban J connectivity index is 1.83. The van der Waals surface area contributed by atoms with E-state index in [1.54, 1.807) is 6.07 Å². The highest BCUT2D eigenvalue weighted by atomic mass is 32.1. The third-order valence-corrected chi connectivity index (χ3v) is 5.26. The van der Waals surface area contributed by atoms with E-state index in [1.807, 2.05) is 17.5 Å². The van der Waals surface area contributed by atoms with Crippen molar-refractivity contribution in [2.24, 2.45) is 0 Å². The number of thiophene rings is 1. The van der Waals surface area contributed by atoms with Gasteiger partial charge in [0.15, 0.2) is 11.5 Å². The molecule has 27 heavy (non-hydrogen) atoms. The number of hydrogen-bond donors (Lipinski definition) is 1. The van der Waals surface area contributed by atoms with E-state index < -0.39 is 29.3 Å². The Hall–Kier alpha value is -3.19. The van der Waals surface area contributed by atoms with Crippen LogP contribution in [0.5, 0.6) is 0 Å². The molecule has 7 heteroatoms. The van der Waals surface area contributed by atoms with Crippen LogP contribution < -0.4 is 0 Å². The van der Waals surface area contributed by atoms with Gasteiger partial charge in [0.25, 0.3) is 5.91 Å². The third-order valence-electron chi connectivity index (χ3n) is 4.40. The zero-order valence-electron chi connectivity index (χ0n) is 14.0. The molecule has 0 bridgehead atoms. The van der Waals surface area contributed by atoms with E-state index in [9.17, 15) is 19.1 Å². The van der Waals surface area contributed by atoms with Gasteiger partial charge in [-0.3, -0.25) is 9.59 Å². The van der Waals surface area contributed by atoms with Crippen LogP contribution in [0.1, 0.15) is 27.0 Å². The number of rotatable bonds is 5. The minimum Gasteiger partial charge on any atom is -0.503 e. The molecule has 0 spiro atoms. The first kappa shape index (κ1) is 17.2. The van der Waals surface area contributed by atoms with Crippen molar-refractivity contribution in [3.8, 4) is 0 Å². The van der Waals surface area contributed by atoms with E-state index in [-0.39, 0.29) is 23.4 Å². The Labute approximate surface area is 158 Å². The lowest BCUT2D eigenvalue weighted by atomic mass is 9.94. The highest BCUT2D eigenvalue weighted by Gasteiger charge is 2.45. The Morgan fingerprint density at radius 2 is 2.00 bits per heavy atom. The molecule has 0 fully saturated rings. The predicted molar refractivity (Wildman–Crippen MR) is 96.7 cm³/mol. The Kier molecular flexibility index (Phi) is 4.37. The summed E-state index contributed by atoms with van der Waals surface area (Å²) in [6, 6.07) is 11.5. The van der Waals surface area contributed by atoms with Gasteiger partial charge in [0.05, 0.1) is 24.4 Å². The molecule has 5 nitrogen and oxygen atoms in total. The molecule has 3 heterocycles. The summed E-state index contributed by atoms with van der Waals surface area (Å²) in [5.74, 6) is -2.63. The number of nitrogens with zero attached hydrogens (tertiary/aromatic N) is 1. The largest absolute Gasteiger partial charge is 0.503 e. The summed E-state index contributed by atoms with van der Waals surface area (Å²) >= 11 is 1.43. The molecular weight excluding hydrogens is 369 g/mol. The molecule has 0 saturated carbocycles. The maximum Gasteiger partial charge on any atom is 0.290 e. The minimum absolute atomic E-state index is 0.0244. The molecule has 1 N–H and O–H groups in total. The van der Waals surface area contributed by atoms with Gasteiger partial charge in [-0.25, -0.2) is 4.39 Å².